The van der Waals surface area contributed by atoms with E-state index in [-0.39, 0.29) is 18.3 Å². The summed E-state index contributed by atoms with van der Waals surface area (Å²) in [5.74, 6) is -0.388. The number of benzene rings is 1. The number of carbonyl (C=O) groups excluding carboxylic acids is 1. The molecule has 1 aliphatic carbocycles. The lowest BCUT2D eigenvalue weighted by atomic mass is 10.2. The van der Waals surface area contributed by atoms with Crippen molar-refractivity contribution >= 4 is 11.6 Å². The van der Waals surface area contributed by atoms with E-state index in [1.807, 2.05) is 13.0 Å². The van der Waals surface area contributed by atoms with E-state index >= 15 is 0 Å². The number of anilines is 1. The highest BCUT2D eigenvalue weighted by Crippen LogP contribution is 2.22. The van der Waals surface area contributed by atoms with Gasteiger partial charge < -0.3 is 15.5 Å². The Morgan fingerprint density at radius 3 is 2.80 bits per heavy atom. The number of nitrogens with one attached hydrogen (secondary N) is 2. The van der Waals surface area contributed by atoms with Gasteiger partial charge in [-0.15, -0.1) is 0 Å². The van der Waals surface area contributed by atoms with Crippen LogP contribution in [-0.4, -0.2) is 32.1 Å². The van der Waals surface area contributed by atoms with Crippen molar-refractivity contribution in [2.45, 2.75) is 32.4 Å². The molecule has 1 fully saturated rings. The maximum Gasteiger partial charge on any atom is 0.239 e. The Kier molecular flexibility index (Phi) is 4.95. The van der Waals surface area contributed by atoms with Crippen molar-refractivity contribution in [3.8, 4) is 0 Å². The van der Waals surface area contributed by atoms with Crippen LogP contribution < -0.4 is 15.5 Å². The second-order valence-corrected chi connectivity index (χ2v) is 5.25. The number of halogens is 1. The number of carbonyl (C=O) groups is 1. The largest absolute Gasteiger partial charge is 0.363 e. The number of rotatable bonds is 7. The third-order valence-electron chi connectivity index (χ3n) is 3.35. The molecule has 0 aliphatic heterocycles. The summed E-state index contributed by atoms with van der Waals surface area (Å²) < 4.78 is 14.1. The number of hydrogen-bond donors (Lipinski definition) is 2. The molecule has 1 aromatic carbocycles. The fraction of sp³-hybridized carbons (Fsp3) is 0.533. The van der Waals surface area contributed by atoms with Gasteiger partial charge in [-0.2, -0.15) is 0 Å². The molecule has 20 heavy (non-hydrogen) atoms. The smallest absolute Gasteiger partial charge is 0.239 e. The molecule has 1 amide bonds. The van der Waals surface area contributed by atoms with Crippen LogP contribution in [0.3, 0.4) is 0 Å². The minimum absolute atomic E-state index is 0.103. The van der Waals surface area contributed by atoms with E-state index in [0.717, 1.165) is 5.56 Å². The van der Waals surface area contributed by atoms with Crippen molar-refractivity contribution in [2.75, 3.05) is 25.0 Å². The molecule has 0 spiro atoms. The van der Waals surface area contributed by atoms with Gasteiger partial charge in [0.2, 0.25) is 5.91 Å². The average molecular weight is 279 g/mol. The third kappa shape index (κ3) is 4.20. The molecule has 0 saturated heterocycles. The Morgan fingerprint density at radius 2 is 2.20 bits per heavy atom. The van der Waals surface area contributed by atoms with Gasteiger partial charge in [-0.3, -0.25) is 4.79 Å². The van der Waals surface area contributed by atoms with Crippen LogP contribution in [0.4, 0.5) is 10.1 Å². The van der Waals surface area contributed by atoms with Crippen molar-refractivity contribution in [1.29, 1.82) is 0 Å². The highest BCUT2D eigenvalue weighted by Gasteiger charge is 2.20. The van der Waals surface area contributed by atoms with Gasteiger partial charge in [0.1, 0.15) is 5.82 Å². The SMILES string of the molecule is CCNC(=O)CN(C)c1ccc(CNC2CC2)cc1F. The van der Waals surface area contributed by atoms with Crippen LogP contribution in [-0.2, 0) is 11.3 Å². The normalized spacial score (nSPS) is 14.2. The molecule has 4 nitrogen and oxygen atoms in total. The molecule has 110 valence electrons. The van der Waals surface area contributed by atoms with Crippen LogP contribution in [0.15, 0.2) is 18.2 Å². The van der Waals surface area contributed by atoms with Crippen LogP contribution in [0.1, 0.15) is 25.3 Å². The summed E-state index contributed by atoms with van der Waals surface area (Å²) in [6, 6.07) is 5.79. The second-order valence-electron chi connectivity index (χ2n) is 5.25. The van der Waals surface area contributed by atoms with Gasteiger partial charge in [0.25, 0.3) is 0 Å². The van der Waals surface area contributed by atoms with Crippen molar-refractivity contribution in [3.05, 3.63) is 29.6 Å². The van der Waals surface area contributed by atoms with Gasteiger partial charge >= 0.3 is 0 Å². The predicted octanol–water partition coefficient (Wildman–Crippen LogP) is 1.65. The lowest BCUT2D eigenvalue weighted by molar-refractivity contribution is -0.119. The van der Waals surface area contributed by atoms with Crippen molar-refractivity contribution in [2.24, 2.45) is 0 Å². The standard InChI is InChI=1S/C15H22FN3O/c1-3-17-15(20)10-19(2)14-7-4-11(8-13(14)16)9-18-12-5-6-12/h4,7-8,12,18H,3,5-6,9-10H2,1-2H3,(H,17,20). The van der Waals surface area contributed by atoms with Crippen LogP contribution >= 0.6 is 0 Å². The minimum Gasteiger partial charge on any atom is -0.363 e. The molecule has 5 heteroatoms. The number of amides is 1. The summed E-state index contributed by atoms with van der Waals surface area (Å²) >= 11 is 0. The lowest BCUT2D eigenvalue weighted by Gasteiger charge is -2.19. The first-order valence-electron chi connectivity index (χ1n) is 7.09. The van der Waals surface area contributed by atoms with Crippen LogP contribution in [0.2, 0.25) is 0 Å². The predicted molar refractivity (Wildman–Crippen MR) is 78.2 cm³/mol. The monoisotopic (exact) mass is 279 g/mol. The molecule has 2 N–H and O–H groups in total. The van der Waals surface area contributed by atoms with Gasteiger partial charge in [0, 0.05) is 26.2 Å². The van der Waals surface area contributed by atoms with E-state index in [2.05, 4.69) is 10.6 Å². The summed E-state index contributed by atoms with van der Waals surface area (Å²) in [6.07, 6.45) is 2.44. The number of hydrogen-bond acceptors (Lipinski definition) is 3. The van der Waals surface area contributed by atoms with E-state index in [1.165, 1.54) is 12.8 Å². The van der Waals surface area contributed by atoms with Gasteiger partial charge in [-0.05, 0) is 37.5 Å². The fourth-order valence-corrected chi connectivity index (χ4v) is 2.07. The first kappa shape index (κ1) is 14.8. The van der Waals surface area contributed by atoms with Crippen LogP contribution in [0.5, 0.6) is 0 Å². The molecule has 0 heterocycles. The maximum absolute atomic E-state index is 14.1. The van der Waals surface area contributed by atoms with Gasteiger partial charge in [0.15, 0.2) is 0 Å². The Hall–Kier alpha value is -1.62. The zero-order chi connectivity index (χ0) is 14.5. The molecule has 0 bridgehead atoms. The first-order valence-corrected chi connectivity index (χ1v) is 7.09. The Morgan fingerprint density at radius 1 is 1.45 bits per heavy atom. The highest BCUT2D eigenvalue weighted by molar-refractivity contribution is 5.81. The molecule has 0 unspecified atom stereocenters. The Labute approximate surface area is 119 Å². The summed E-state index contributed by atoms with van der Waals surface area (Å²) in [7, 11) is 1.72. The van der Waals surface area contributed by atoms with E-state index in [0.29, 0.717) is 24.8 Å². The van der Waals surface area contributed by atoms with Crippen LogP contribution in [0.25, 0.3) is 0 Å². The van der Waals surface area contributed by atoms with E-state index in [9.17, 15) is 9.18 Å². The summed E-state index contributed by atoms with van der Waals surface area (Å²) in [6.45, 7) is 3.30. The molecule has 1 aromatic rings. The van der Waals surface area contributed by atoms with Gasteiger partial charge in [-0.1, -0.05) is 6.07 Å². The summed E-state index contributed by atoms with van der Waals surface area (Å²) in [5.41, 5.74) is 1.39. The molecular weight excluding hydrogens is 257 g/mol. The zero-order valence-electron chi connectivity index (χ0n) is 12.1. The van der Waals surface area contributed by atoms with Crippen molar-refractivity contribution in [3.63, 3.8) is 0 Å². The molecular formula is C15H22FN3O. The molecule has 0 atom stereocenters. The molecule has 1 aliphatic rings. The first-order chi connectivity index (χ1) is 9.60. The second kappa shape index (κ2) is 6.70. The minimum atomic E-state index is -0.285. The van der Waals surface area contributed by atoms with Crippen molar-refractivity contribution in [1.82, 2.24) is 10.6 Å². The molecule has 1 saturated carbocycles. The van der Waals surface area contributed by atoms with E-state index in [1.54, 1.807) is 24.1 Å². The molecule has 2 rings (SSSR count). The average Bonchev–Trinajstić information content (AvgIpc) is 3.20. The molecule has 0 radical (unpaired) electrons. The summed E-state index contributed by atoms with van der Waals surface area (Å²) in [5, 5.41) is 6.06. The quantitative estimate of drug-likeness (QED) is 0.797. The number of nitrogens with zero attached hydrogens (tertiary/aromatic N) is 1. The zero-order valence-corrected chi connectivity index (χ0v) is 12.1. The summed E-state index contributed by atoms with van der Waals surface area (Å²) in [4.78, 5) is 13.1. The van der Waals surface area contributed by atoms with Crippen LogP contribution in [0, 0.1) is 5.82 Å². The number of likely N-dealkylation sites (N-methyl/N-ethyl adjacent to an activating group) is 2. The highest BCUT2D eigenvalue weighted by atomic mass is 19.1. The maximum atomic E-state index is 14.1. The topological polar surface area (TPSA) is 44.4 Å². The fourth-order valence-electron chi connectivity index (χ4n) is 2.07. The van der Waals surface area contributed by atoms with Gasteiger partial charge in [-0.25, -0.2) is 4.39 Å². The Balaban J connectivity index is 1.94. The molecule has 0 aromatic heterocycles. The van der Waals surface area contributed by atoms with E-state index < -0.39 is 0 Å². The Bertz CT molecular complexity index is 474. The lowest BCUT2D eigenvalue weighted by Crippen LogP contribution is -2.35. The van der Waals surface area contributed by atoms with E-state index in [4.69, 9.17) is 0 Å². The van der Waals surface area contributed by atoms with Crippen molar-refractivity contribution < 1.29 is 9.18 Å². The third-order valence-corrected chi connectivity index (χ3v) is 3.35. The van der Waals surface area contributed by atoms with Gasteiger partial charge in [0.05, 0.1) is 12.2 Å².